The number of nitrogens with one attached hydrogen (secondary N) is 1. The van der Waals surface area contributed by atoms with E-state index in [-0.39, 0.29) is 5.41 Å². The highest BCUT2D eigenvalue weighted by Crippen LogP contribution is 2.47. The van der Waals surface area contributed by atoms with E-state index in [1.54, 1.807) is 0 Å². The summed E-state index contributed by atoms with van der Waals surface area (Å²) in [7, 11) is -2.65. The molecule has 0 radical (unpaired) electrons. The van der Waals surface area contributed by atoms with Crippen LogP contribution in [0.25, 0.3) is 0 Å². The van der Waals surface area contributed by atoms with Gasteiger partial charge in [0.05, 0.1) is 9.71 Å². The van der Waals surface area contributed by atoms with Crippen molar-refractivity contribution in [3.63, 3.8) is 0 Å². The van der Waals surface area contributed by atoms with Crippen molar-refractivity contribution < 1.29 is 9.32 Å². The fourth-order valence-electron chi connectivity index (χ4n) is 5.65. The van der Waals surface area contributed by atoms with Crippen LogP contribution in [0.3, 0.4) is 0 Å². The summed E-state index contributed by atoms with van der Waals surface area (Å²) in [5.74, 6) is 4.55. The number of hydrogen-bond donors (Lipinski definition) is 3. The molecule has 2 unspecified atom stereocenters. The predicted octanol–water partition coefficient (Wildman–Crippen LogP) is 3.94. The van der Waals surface area contributed by atoms with Crippen LogP contribution < -0.4 is 10.5 Å². The Hall–Kier alpha value is -1.82. The van der Waals surface area contributed by atoms with E-state index in [0.29, 0.717) is 22.6 Å². The topological polar surface area (TPSA) is 75.4 Å². The fourth-order valence-corrected chi connectivity index (χ4v) is 6.24. The minimum absolute atomic E-state index is 0.0419. The zero-order chi connectivity index (χ0) is 21.4. The van der Waals surface area contributed by atoms with Gasteiger partial charge in [0.2, 0.25) is 0 Å². The lowest BCUT2D eigenvalue weighted by Crippen LogP contribution is -2.55. The zero-order valence-corrected chi connectivity index (χ0v) is 18.7. The van der Waals surface area contributed by atoms with Gasteiger partial charge in [-0.3, -0.25) is 5.14 Å². The minimum Gasteiger partial charge on any atom is -0.508 e. The molecule has 2 aliphatic rings. The number of rotatable bonds is 5. The second-order valence-electron chi connectivity index (χ2n) is 9.37. The van der Waals surface area contributed by atoms with Crippen molar-refractivity contribution in [3.8, 4) is 5.75 Å². The van der Waals surface area contributed by atoms with Crippen LogP contribution in [-0.4, -0.2) is 27.8 Å². The van der Waals surface area contributed by atoms with Gasteiger partial charge < -0.3 is 10.4 Å². The van der Waals surface area contributed by atoms with Crippen LogP contribution in [0.4, 0.5) is 0 Å². The van der Waals surface area contributed by atoms with Crippen LogP contribution >= 0.6 is 0 Å². The van der Waals surface area contributed by atoms with Gasteiger partial charge in [-0.2, -0.15) is 0 Å². The third-order valence-electron chi connectivity index (χ3n) is 7.22. The Balaban J connectivity index is 1.52. The Labute approximate surface area is 181 Å². The van der Waals surface area contributed by atoms with Crippen LogP contribution in [0.2, 0.25) is 0 Å². The SMILES string of the molecule is C=S(N)(=O)c1ccc(CCN[C@@H]2[C@H]3CCCCCC2(C)c2cc(O)ccc2C3)cc1. The lowest BCUT2D eigenvalue weighted by atomic mass is 9.59. The largest absolute Gasteiger partial charge is 0.508 e. The highest BCUT2D eigenvalue weighted by Gasteiger charge is 2.45. The molecule has 2 bridgehead atoms. The molecule has 1 saturated carbocycles. The standard InChI is InChI=1S/C25H34N2O2S/c1-25-14-5-3-4-6-20(16-19-9-10-21(28)17-23(19)25)24(25)27-15-13-18-7-11-22(12-8-18)30(2,26)29/h7-12,17,20,24,27-28H,2-6,13-16H2,1H3,(H2,26,29)/t20-,24+,25?,30?/m0/s1. The van der Waals surface area contributed by atoms with Crippen LogP contribution in [0.5, 0.6) is 5.75 Å². The predicted molar refractivity (Wildman–Crippen MR) is 125 cm³/mol. The molecule has 0 aromatic heterocycles. The van der Waals surface area contributed by atoms with Crippen molar-refractivity contribution in [2.24, 2.45) is 11.1 Å². The lowest BCUT2D eigenvalue weighted by molar-refractivity contribution is 0.167. The molecule has 162 valence electrons. The molecular formula is C25H34N2O2S. The number of phenols is 1. The molecule has 5 heteroatoms. The first kappa shape index (κ1) is 21.4. The minimum atomic E-state index is -2.65. The van der Waals surface area contributed by atoms with E-state index >= 15 is 0 Å². The molecule has 0 amide bonds. The van der Waals surface area contributed by atoms with E-state index in [4.69, 9.17) is 5.14 Å². The van der Waals surface area contributed by atoms with Gasteiger partial charge in [0.1, 0.15) is 5.75 Å². The number of hydrogen-bond acceptors (Lipinski definition) is 3. The van der Waals surface area contributed by atoms with E-state index in [1.807, 2.05) is 36.4 Å². The second-order valence-corrected chi connectivity index (χ2v) is 11.3. The molecule has 2 aromatic carbocycles. The maximum Gasteiger partial charge on any atom is 0.115 e. The maximum atomic E-state index is 11.9. The molecule has 4 atom stereocenters. The molecule has 0 saturated heterocycles. The summed E-state index contributed by atoms with van der Waals surface area (Å²) in [5, 5.41) is 19.7. The first-order valence-electron chi connectivity index (χ1n) is 11.1. The average molecular weight is 427 g/mol. The van der Waals surface area contributed by atoms with Crippen LogP contribution in [-0.2, 0) is 28.0 Å². The summed E-state index contributed by atoms with van der Waals surface area (Å²) in [4.78, 5) is 0.595. The second kappa shape index (κ2) is 8.37. The van der Waals surface area contributed by atoms with Gasteiger partial charge >= 0.3 is 0 Å². The van der Waals surface area contributed by atoms with Gasteiger partial charge in [-0.05, 0) is 85.0 Å². The molecule has 0 heterocycles. The van der Waals surface area contributed by atoms with Gasteiger partial charge in [0, 0.05) is 16.4 Å². The Morgan fingerprint density at radius 3 is 2.70 bits per heavy atom. The summed E-state index contributed by atoms with van der Waals surface area (Å²) in [5.41, 5.74) is 3.99. The number of fused-ring (bicyclic) bond motifs is 4. The Kier molecular flexibility index (Phi) is 5.97. The van der Waals surface area contributed by atoms with Gasteiger partial charge in [0.15, 0.2) is 0 Å². The molecule has 2 aromatic rings. The Morgan fingerprint density at radius 1 is 1.20 bits per heavy atom. The smallest absolute Gasteiger partial charge is 0.115 e. The molecule has 30 heavy (non-hydrogen) atoms. The summed E-state index contributed by atoms with van der Waals surface area (Å²) < 4.78 is 11.9. The molecule has 0 spiro atoms. The molecule has 4 rings (SSSR count). The normalized spacial score (nSPS) is 28.1. The van der Waals surface area contributed by atoms with Crippen molar-refractivity contribution in [3.05, 3.63) is 59.2 Å². The highest BCUT2D eigenvalue weighted by molar-refractivity contribution is 7.98. The van der Waals surface area contributed by atoms with Crippen molar-refractivity contribution in [2.75, 3.05) is 6.54 Å². The van der Waals surface area contributed by atoms with E-state index in [2.05, 4.69) is 24.2 Å². The first-order chi connectivity index (χ1) is 14.3. The van der Waals surface area contributed by atoms with E-state index in [9.17, 15) is 9.32 Å². The van der Waals surface area contributed by atoms with Crippen molar-refractivity contribution in [2.45, 2.75) is 68.2 Å². The third-order valence-corrected chi connectivity index (χ3v) is 8.29. The van der Waals surface area contributed by atoms with E-state index in [0.717, 1.165) is 25.8 Å². The van der Waals surface area contributed by atoms with Gasteiger partial charge in [-0.25, -0.2) is 4.21 Å². The third kappa shape index (κ3) is 4.29. The molecule has 4 N–H and O–H groups in total. The molecule has 0 aliphatic heterocycles. The molecule has 1 fully saturated rings. The number of phenolic OH excluding ortho intramolecular Hbond substituents is 1. The lowest BCUT2D eigenvalue weighted by Gasteiger charge is -2.49. The van der Waals surface area contributed by atoms with Gasteiger partial charge in [0.25, 0.3) is 0 Å². The van der Waals surface area contributed by atoms with Gasteiger partial charge in [-0.1, -0.05) is 44.4 Å². The number of benzene rings is 2. The average Bonchev–Trinajstić information content (AvgIpc) is 2.69. The summed E-state index contributed by atoms with van der Waals surface area (Å²) >= 11 is 0. The summed E-state index contributed by atoms with van der Waals surface area (Å²) in [6, 6.07) is 14.0. The summed E-state index contributed by atoms with van der Waals surface area (Å²) in [6.45, 7) is 3.29. The number of nitrogens with two attached hydrogens (primary N) is 1. The molecular weight excluding hydrogens is 392 g/mol. The quantitative estimate of drug-likeness (QED) is 0.634. The number of aromatic hydroxyl groups is 1. The maximum absolute atomic E-state index is 11.9. The highest BCUT2D eigenvalue weighted by atomic mass is 32.2. The molecule has 2 aliphatic carbocycles. The van der Waals surface area contributed by atoms with Crippen LogP contribution in [0, 0.1) is 5.92 Å². The summed E-state index contributed by atoms with van der Waals surface area (Å²) in [6.07, 6.45) is 8.26. The van der Waals surface area contributed by atoms with Gasteiger partial charge in [-0.15, -0.1) is 0 Å². The zero-order valence-electron chi connectivity index (χ0n) is 17.9. The monoisotopic (exact) mass is 426 g/mol. The van der Waals surface area contributed by atoms with Crippen LogP contribution in [0.1, 0.15) is 55.7 Å². The van der Waals surface area contributed by atoms with E-state index < -0.39 is 9.71 Å². The van der Waals surface area contributed by atoms with Crippen molar-refractivity contribution in [1.29, 1.82) is 0 Å². The van der Waals surface area contributed by atoms with Crippen molar-refractivity contribution in [1.82, 2.24) is 5.32 Å². The van der Waals surface area contributed by atoms with E-state index in [1.165, 1.54) is 42.4 Å². The first-order valence-corrected chi connectivity index (χ1v) is 12.9. The fraction of sp³-hybridized carbons (Fsp3) is 0.480. The molecule has 4 nitrogen and oxygen atoms in total. The van der Waals surface area contributed by atoms with Crippen molar-refractivity contribution >= 4 is 15.6 Å². The Bertz CT molecular complexity index is 1000. The van der Waals surface area contributed by atoms with Crippen LogP contribution in [0.15, 0.2) is 47.4 Å². The Morgan fingerprint density at radius 2 is 1.97 bits per heavy atom.